The smallest absolute Gasteiger partial charge is 0.0624 e. The van der Waals surface area contributed by atoms with E-state index in [9.17, 15) is 5.11 Å². The van der Waals surface area contributed by atoms with E-state index >= 15 is 0 Å². The quantitative estimate of drug-likeness (QED) is 0.793. The lowest BCUT2D eigenvalue weighted by atomic mass is 10.0. The minimum absolute atomic E-state index is 0.168. The number of hydrogen-bond donors (Lipinski definition) is 1. The van der Waals surface area contributed by atoms with E-state index in [4.69, 9.17) is 0 Å². The van der Waals surface area contributed by atoms with Gasteiger partial charge < -0.3 is 5.11 Å². The van der Waals surface area contributed by atoms with Gasteiger partial charge in [-0.3, -0.25) is 4.68 Å². The largest absolute Gasteiger partial charge is 0.393 e. The van der Waals surface area contributed by atoms with E-state index in [-0.39, 0.29) is 6.10 Å². The van der Waals surface area contributed by atoms with Gasteiger partial charge in [0.05, 0.1) is 11.8 Å². The van der Waals surface area contributed by atoms with E-state index in [2.05, 4.69) is 43.5 Å². The Kier molecular flexibility index (Phi) is 5.69. The molecule has 0 spiro atoms. The third-order valence-corrected chi connectivity index (χ3v) is 3.28. The molecule has 0 aliphatic heterocycles. The second-order valence-electron chi connectivity index (χ2n) is 5.00. The topological polar surface area (TPSA) is 38.0 Å². The number of rotatable bonds is 7. The Hall–Kier alpha value is -0.830. The molecule has 98 valence electrons. The highest BCUT2D eigenvalue weighted by Gasteiger charge is 2.10. The third kappa shape index (κ3) is 4.15. The highest BCUT2D eigenvalue weighted by Crippen LogP contribution is 2.13. The van der Waals surface area contributed by atoms with Crippen LogP contribution < -0.4 is 0 Å². The number of aliphatic hydroxyl groups excluding tert-OH is 1. The van der Waals surface area contributed by atoms with Crippen molar-refractivity contribution in [2.24, 2.45) is 5.92 Å². The van der Waals surface area contributed by atoms with Crippen LogP contribution >= 0.6 is 0 Å². The fourth-order valence-corrected chi connectivity index (χ4v) is 1.99. The molecule has 0 aliphatic carbocycles. The van der Waals surface area contributed by atoms with Crippen molar-refractivity contribution in [1.82, 2.24) is 9.78 Å². The van der Waals surface area contributed by atoms with Gasteiger partial charge in [0.1, 0.15) is 0 Å². The van der Waals surface area contributed by atoms with Crippen LogP contribution in [0.25, 0.3) is 0 Å². The van der Waals surface area contributed by atoms with Gasteiger partial charge in [-0.25, -0.2) is 0 Å². The molecule has 0 saturated carbocycles. The minimum Gasteiger partial charge on any atom is -0.393 e. The van der Waals surface area contributed by atoms with E-state index in [1.807, 2.05) is 0 Å². The Labute approximate surface area is 105 Å². The van der Waals surface area contributed by atoms with Gasteiger partial charge in [-0.2, -0.15) is 5.10 Å². The van der Waals surface area contributed by atoms with Crippen molar-refractivity contribution in [2.45, 2.75) is 66.0 Å². The van der Waals surface area contributed by atoms with Gasteiger partial charge in [-0.05, 0) is 44.6 Å². The van der Waals surface area contributed by atoms with E-state index < -0.39 is 0 Å². The second kappa shape index (κ2) is 6.80. The summed E-state index contributed by atoms with van der Waals surface area (Å²) in [7, 11) is 0. The van der Waals surface area contributed by atoms with Crippen LogP contribution in [-0.2, 0) is 19.4 Å². The van der Waals surface area contributed by atoms with Crippen LogP contribution in [0.4, 0.5) is 0 Å². The zero-order chi connectivity index (χ0) is 12.8. The Morgan fingerprint density at radius 3 is 2.59 bits per heavy atom. The molecule has 17 heavy (non-hydrogen) atoms. The summed E-state index contributed by atoms with van der Waals surface area (Å²) in [4.78, 5) is 0. The highest BCUT2D eigenvalue weighted by molar-refractivity contribution is 5.10. The predicted molar refractivity (Wildman–Crippen MR) is 71.1 cm³/mol. The van der Waals surface area contributed by atoms with E-state index in [1.54, 1.807) is 0 Å². The minimum atomic E-state index is -0.168. The molecule has 1 aromatic rings. The molecular formula is C14H26N2O. The van der Waals surface area contributed by atoms with Crippen molar-refractivity contribution < 1.29 is 5.11 Å². The number of aromatic nitrogens is 2. The van der Waals surface area contributed by atoms with Gasteiger partial charge in [-0.15, -0.1) is 0 Å². The van der Waals surface area contributed by atoms with Crippen molar-refractivity contribution in [1.29, 1.82) is 0 Å². The maximum atomic E-state index is 9.76. The first kappa shape index (κ1) is 14.2. The van der Waals surface area contributed by atoms with Gasteiger partial charge in [0.2, 0.25) is 0 Å². The fraction of sp³-hybridized carbons (Fsp3) is 0.786. The summed E-state index contributed by atoms with van der Waals surface area (Å²) >= 11 is 0. The molecule has 0 amide bonds. The van der Waals surface area contributed by atoms with Crippen molar-refractivity contribution in [3.05, 3.63) is 17.5 Å². The number of aliphatic hydroxyl groups is 1. The molecule has 1 unspecified atom stereocenters. The van der Waals surface area contributed by atoms with Crippen LogP contribution in [0.2, 0.25) is 0 Å². The Bertz CT molecular complexity index is 331. The van der Waals surface area contributed by atoms with Gasteiger partial charge >= 0.3 is 0 Å². The highest BCUT2D eigenvalue weighted by atomic mass is 16.3. The molecule has 0 aliphatic rings. The lowest BCUT2D eigenvalue weighted by Gasteiger charge is -2.13. The van der Waals surface area contributed by atoms with Gasteiger partial charge in [0.15, 0.2) is 0 Å². The van der Waals surface area contributed by atoms with E-state index in [0.717, 1.165) is 32.2 Å². The molecule has 1 heterocycles. The lowest BCUT2D eigenvalue weighted by Crippen LogP contribution is -2.14. The molecule has 1 aromatic heterocycles. The summed E-state index contributed by atoms with van der Waals surface area (Å²) in [6, 6.07) is 2.20. The van der Waals surface area contributed by atoms with Gasteiger partial charge in [-0.1, -0.05) is 20.8 Å². The number of aryl methyl sites for hydroxylation is 3. The molecule has 0 bridgehead atoms. The molecule has 0 saturated heterocycles. The standard InChI is InChI=1S/C14H26N2O/c1-5-12-10-13(16(6-2)15-12)8-7-9-14(17)11(3)4/h10-11,14,17H,5-9H2,1-4H3. The predicted octanol–water partition coefficient (Wildman–Crippen LogP) is 2.81. The first-order chi connectivity index (χ1) is 8.08. The van der Waals surface area contributed by atoms with Gasteiger partial charge in [0.25, 0.3) is 0 Å². The first-order valence-corrected chi connectivity index (χ1v) is 6.82. The number of hydrogen-bond acceptors (Lipinski definition) is 2. The fourth-order valence-electron chi connectivity index (χ4n) is 1.99. The van der Waals surface area contributed by atoms with E-state index in [1.165, 1.54) is 11.4 Å². The maximum Gasteiger partial charge on any atom is 0.0624 e. The zero-order valence-electron chi connectivity index (χ0n) is 11.6. The monoisotopic (exact) mass is 238 g/mol. The average Bonchev–Trinajstić information content (AvgIpc) is 2.71. The summed E-state index contributed by atoms with van der Waals surface area (Å²) in [5.41, 5.74) is 2.48. The Morgan fingerprint density at radius 2 is 2.06 bits per heavy atom. The first-order valence-electron chi connectivity index (χ1n) is 6.82. The second-order valence-corrected chi connectivity index (χ2v) is 5.00. The van der Waals surface area contributed by atoms with Crippen LogP contribution in [-0.4, -0.2) is 21.0 Å². The maximum absolute atomic E-state index is 9.76. The molecule has 0 fully saturated rings. The molecule has 3 nitrogen and oxygen atoms in total. The molecule has 0 aromatic carbocycles. The van der Waals surface area contributed by atoms with Crippen LogP contribution in [0, 0.1) is 5.92 Å². The molecule has 1 rings (SSSR count). The van der Waals surface area contributed by atoms with Crippen LogP contribution in [0.5, 0.6) is 0 Å². The van der Waals surface area contributed by atoms with Crippen molar-refractivity contribution in [3.63, 3.8) is 0 Å². The SMILES string of the molecule is CCc1cc(CCCC(O)C(C)C)n(CC)n1. The van der Waals surface area contributed by atoms with Gasteiger partial charge in [0, 0.05) is 12.2 Å². The third-order valence-electron chi connectivity index (χ3n) is 3.28. The summed E-state index contributed by atoms with van der Waals surface area (Å²) in [6.07, 6.45) is 3.76. The van der Waals surface area contributed by atoms with Crippen molar-refractivity contribution >= 4 is 0 Å². The molecule has 1 N–H and O–H groups in total. The van der Waals surface area contributed by atoms with Crippen molar-refractivity contribution in [3.8, 4) is 0 Å². The Morgan fingerprint density at radius 1 is 1.35 bits per heavy atom. The summed E-state index contributed by atoms with van der Waals surface area (Å²) in [5.74, 6) is 0.359. The van der Waals surface area contributed by atoms with E-state index in [0.29, 0.717) is 5.92 Å². The van der Waals surface area contributed by atoms with Crippen LogP contribution in [0.15, 0.2) is 6.07 Å². The van der Waals surface area contributed by atoms with Crippen molar-refractivity contribution in [2.75, 3.05) is 0 Å². The molecule has 0 radical (unpaired) electrons. The summed E-state index contributed by atoms with van der Waals surface area (Å²) in [6.45, 7) is 9.32. The van der Waals surface area contributed by atoms with Crippen LogP contribution in [0.1, 0.15) is 51.9 Å². The average molecular weight is 238 g/mol. The summed E-state index contributed by atoms with van der Waals surface area (Å²) < 4.78 is 2.08. The zero-order valence-corrected chi connectivity index (χ0v) is 11.6. The Balaban J connectivity index is 2.48. The molecular weight excluding hydrogens is 212 g/mol. The normalized spacial score (nSPS) is 13.3. The number of nitrogens with zero attached hydrogens (tertiary/aromatic N) is 2. The lowest BCUT2D eigenvalue weighted by molar-refractivity contribution is 0.114. The summed E-state index contributed by atoms with van der Waals surface area (Å²) in [5, 5.41) is 14.3. The molecule has 3 heteroatoms. The molecule has 1 atom stereocenters. The van der Waals surface area contributed by atoms with Crippen LogP contribution in [0.3, 0.4) is 0 Å².